The van der Waals surface area contributed by atoms with Crippen molar-refractivity contribution in [3.05, 3.63) is 24.7 Å². The van der Waals surface area contributed by atoms with Crippen molar-refractivity contribution in [1.29, 1.82) is 0 Å². The molecule has 78 valence electrons. The van der Waals surface area contributed by atoms with Gasteiger partial charge in [-0.05, 0) is 12.5 Å². The third-order valence-electron chi connectivity index (χ3n) is 2.73. The van der Waals surface area contributed by atoms with Crippen LogP contribution in [0.4, 0.5) is 5.82 Å². The molecule has 0 saturated carbocycles. The first-order chi connectivity index (χ1) is 7.34. The highest BCUT2D eigenvalue weighted by Crippen LogP contribution is 2.25. The monoisotopic (exact) mass is 266 g/mol. The molecule has 1 saturated heterocycles. The van der Waals surface area contributed by atoms with Gasteiger partial charge in [0.25, 0.3) is 0 Å². The Morgan fingerprint density at radius 2 is 2.33 bits per heavy atom. The van der Waals surface area contributed by atoms with E-state index in [-0.39, 0.29) is 0 Å². The number of hydrogen-bond donors (Lipinski definition) is 0. The van der Waals surface area contributed by atoms with E-state index in [0.29, 0.717) is 4.83 Å². The lowest BCUT2D eigenvalue weighted by molar-refractivity contribution is 0.900. The second-order valence-electron chi connectivity index (χ2n) is 3.74. The summed E-state index contributed by atoms with van der Waals surface area (Å²) in [5, 5.41) is 4.21. The molecule has 1 unspecified atom stereocenters. The average molecular weight is 267 g/mol. The van der Waals surface area contributed by atoms with Crippen molar-refractivity contribution in [2.75, 3.05) is 18.0 Å². The lowest BCUT2D eigenvalue weighted by atomic mass is 10.4. The molecule has 1 aliphatic rings. The third kappa shape index (κ3) is 1.51. The first kappa shape index (κ1) is 9.15. The van der Waals surface area contributed by atoms with E-state index in [1.165, 1.54) is 6.42 Å². The van der Waals surface area contributed by atoms with Crippen molar-refractivity contribution in [3.63, 3.8) is 0 Å². The maximum absolute atomic E-state index is 4.44. The second kappa shape index (κ2) is 3.48. The summed E-state index contributed by atoms with van der Waals surface area (Å²) >= 11 is 3.64. The molecule has 3 rings (SSSR count). The van der Waals surface area contributed by atoms with Gasteiger partial charge < -0.3 is 4.90 Å². The van der Waals surface area contributed by atoms with Crippen molar-refractivity contribution < 1.29 is 0 Å². The number of anilines is 1. The molecule has 1 aliphatic heterocycles. The Labute approximate surface area is 96.0 Å². The van der Waals surface area contributed by atoms with Gasteiger partial charge >= 0.3 is 0 Å². The Kier molecular flexibility index (Phi) is 2.12. The summed E-state index contributed by atoms with van der Waals surface area (Å²) in [6, 6.07) is 2.00. The molecule has 2 aromatic heterocycles. The molecule has 0 aromatic carbocycles. The highest BCUT2D eigenvalue weighted by Gasteiger charge is 2.22. The molecule has 4 nitrogen and oxygen atoms in total. The van der Waals surface area contributed by atoms with Gasteiger partial charge in [0.15, 0.2) is 5.82 Å². The van der Waals surface area contributed by atoms with Gasteiger partial charge in [0.05, 0.1) is 6.20 Å². The predicted octanol–water partition coefficient (Wildman–Crippen LogP) is 1.70. The predicted molar refractivity (Wildman–Crippen MR) is 62.5 cm³/mol. The topological polar surface area (TPSA) is 33.4 Å². The molecule has 1 fully saturated rings. The summed E-state index contributed by atoms with van der Waals surface area (Å²) in [5.41, 5.74) is 1.08. The van der Waals surface area contributed by atoms with Crippen LogP contribution in [0.15, 0.2) is 24.7 Å². The number of rotatable bonds is 1. The molecule has 0 N–H and O–H groups in total. The molecule has 1 atom stereocenters. The normalized spacial score (nSPS) is 21.4. The smallest absolute Gasteiger partial charge is 0.154 e. The molecular weight excluding hydrogens is 256 g/mol. The summed E-state index contributed by atoms with van der Waals surface area (Å²) in [5.74, 6) is 1.04. The Morgan fingerprint density at radius 1 is 1.40 bits per heavy atom. The molecule has 2 aromatic rings. The molecule has 15 heavy (non-hydrogen) atoms. The first-order valence-electron chi connectivity index (χ1n) is 5.02. The van der Waals surface area contributed by atoms with E-state index >= 15 is 0 Å². The van der Waals surface area contributed by atoms with E-state index in [4.69, 9.17) is 0 Å². The van der Waals surface area contributed by atoms with Gasteiger partial charge in [-0.1, -0.05) is 15.9 Å². The number of alkyl halides is 1. The lowest BCUT2D eigenvalue weighted by Crippen LogP contribution is -2.21. The van der Waals surface area contributed by atoms with Crippen LogP contribution in [-0.2, 0) is 0 Å². The minimum Gasteiger partial charge on any atom is -0.354 e. The van der Waals surface area contributed by atoms with Crippen LogP contribution in [0.2, 0.25) is 0 Å². The zero-order chi connectivity index (χ0) is 10.3. The SMILES string of the molecule is BrC1CCN(c2nccn3nccc23)C1. The van der Waals surface area contributed by atoms with Gasteiger partial charge in [-0.3, -0.25) is 0 Å². The molecule has 0 spiro atoms. The Morgan fingerprint density at radius 3 is 3.13 bits per heavy atom. The van der Waals surface area contributed by atoms with Crippen molar-refractivity contribution in [2.45, 2.75) is 11.2 Å². The quantitative estimate of drug-likeness (QED) is 0.737. The van der Waals surface area contributed by atoms with Crippen molar-refractivity contribution in [1.82, 2.24) is 14.6 Å². The number of nitrogens with zero attached hydrogens (tertiary/aromatic N) is 4. The standard InChI is InChI=1S/C10H11BrN4/c11-8-2-5-14(7-8)10-9-1-3-13-15(9)6-4-12-10/h1,3-4,6,8H,2,5,7H2. The molecular formula is C10H11BrN4. The van der Waals surface area contributed by atoms with Gasteiger partial charge in [0.2, 0.25) is 0 Å². The molecule has 0 amide bonds. The molecule has 5 heteroatoms. The third-order valence-corrected chi connectivity index (χ3v) is 3.48. The van der Waals surface area contributed by atoms with E-state index in [1.54, 1.807) is 6.20 Å². The van der Waals surface area contributed by atoms with Crippen LogP contribution in [0.3, 0.4) is 0 Å². The van der Waals surface area contributed by atoms with E-state index in [2.05, 4.69) is 30.9 Å². The molecule has 0 aliphatic carbocycles. The highest BCUT2D eigenvalue weighted by molar-refractivity contribution is 9.09. The van der Waals surface area contributed by atoms with Crippen LogP contribution in [0, 0.1) is 0 Å². The zero-order valence-corrected chi connectivity index (χ0v) is 9.76. The summed E-state index contributed by atoms with van der Waals surface area (Å²) in [4.78, 5) is 7.33. The summed E-state index contributed by atoms with van der Waals surface area (Å²) in [6.45, 7) is 2.09. The largest absolute Gasteiger partial charge is 0.354 e. The summed E-state index contributed by atoms with van der Waals surface area (Å²) in [6.07, 6.45) is 6.66. The Bertz CT molecular complexity index is 481. The minimum absolute atomic E-state index is 0.586. The number of hydrogen-bond acceptors (Lipinski definition) is 3. The van der Waals surface area contributed by atoms with Crippen LogP contribution in [0.5, 0.6) is 0 Å². The number of fused-ring (bicyclic) bond motifs is 1. The van der Waals surface area contributed by atoms with E-state index in [1.807, 2.05) is 23.0 Å². The van der Waals surface area contributed by atoms with Gasteiger partial charge in [-0.25, -0.2) is 9.50 Å². The van der Waals surface area contributed by atoms with E-state index < -0.39 is 0 Å². The summed E-state index contributed by atoms with van der Waals surface area (Å²) in [7, 11) is 0. The number of aromatic nitrogens is 3. The Hall–Kier alpha value is -1.10. The zero-order valence-electron chi connectivity index (χ0n) is 8.17. The highest BCUT2D eigenvalue weighted by atomic mass is 79.9. The van der Waals surface area contributed by atoms with Gasteiger partial charge in [-0.15, -0.1) is 0 Å². The fourth-order valence-corrected chi connectivity index (χ4v) is 2.55. The fourth-order valence-electron chi connectivity index (χ4n) is 2.00. The van der Waals surface area contributed by atoms with Crippen molar-refractivity contribution in [2.24, 2.45) is 0 Å². The van der Waals surface area contributed by atoms with Crippen molar-refractivity contribution in [3.8, 4) is 0 Å². The Balaban J connectivity index is 2.06. The first-order valence-corrected chi connectivity index (χ1v) is 5.93. The lowest BCUT2D eigenvalue weighted by Gasteiger charge is -2.17. The summed E-state index contributed by atoms with van der Waals surface area (Å²) < 4.78 is 1.86. The maximum Gasteiger partial charge on any atom is 0.154 e. The van der Waals surface area contributed by atoms with Crippen LogP contribution in [0.25, 0.3) is 5.52 Å². The second-order valence-corrected chi connectivity index (χ2v) is 5.04. The van der Waals surface area contributed by atoms with Crippen LogP contribution < -0.4 is 4.90 Å². The van der Waals surface area contributed by atoms with Gasteiger partial charge in [0.1, 0.15) is 5.52 Å². The minimum atomic E-state index is 0.586. The maximum atomic E-state index is 4.44. The van der Waals surface area contributed by atoms with Crippen LogP contribution >= 0.6 is 15.9 Å². The van der Waals surface area contributed by atoms with Gasteiger partial charge in [-0.2, -0.15) is 5.10 Å². The average Bonchev–Trinajstić information content (AvgIpc) is 2.84. The van der Waals surface area contributed by atoms with E-state index in [0.717, 1.165) is 24.4 Å². The van der Waals surface area contributed by atoms with Crippen molar-refractivity contribution >= 4 is 27.3 Å². The van der Waals surface area contributed by atoms with Crippen LogP contribution in [0.1, 0.15) is 6.42 Å². The number of halogens is 1. The molecule has 0 radical (unpaired) electrons. The molecule has 0 bridgehead atoms. The van der Waals surface area contributed by atoms with Gasteiger partial charge in [0, 0.05) is 30.3 Å². The van der Waals surface area contributed by atoms with Crippen LogP contribution in [-0.4, -0.2) is 32.5 Å². The molecule has 3 heterocycles. The fraction of sp³-hybridized carbons (Fsp3) is 0.400. The van der Waals surface area contributed by atoms with E-state index in [9.17, 15) is 0 Å².